The van der Waals surface area contributed by atoms with Crippen molar-refractivity contribution in [2.45, 2.75) is 19.8 Å². The molecule has 0 atom stereocenters. The number of benzene rings is 1. The molecule has 0 aromatic heterocycles. The summed E-state index contributed by atoms with van der Waals surface area (Å²) < 4.78 is 13.1. The Labute approximate surface area is 76.0 Å². The van der Waals surface area contributed by atoms with Gasteiger partial charge >= 0.3 is 0 Å². The molecule has 1 aromatic carbocycles. The van der Waals surface area contributed by atoms with Crippen LogP contribution in [0, 0.1) is 5.82 Å². The Hall–Kier alpha value is -1.38. The summed E-state index contributed by atoms with van der Waals surface area (Å²) in [7, 11) is 0. The Morgan fingerprint density at radius 1 is 1.46 bits per heavy atom. The minimum atomic E-state index is -0.474. The molecular formula is C10H11FO2. The van der Waals surface area contributed by atoms with Crippen LogP contribution in [0.2, 0.25) is 0 Å². The average molecular weight is 182 g/mol. The molecule has 70 valence electrons. The molecule has 0 saturated heterocycles. The van der Waals surface area contributed by atoms with Crippen molar-refractivity contribution in [1.29, 1.82) is 0 Å². The van der Waals surface area contributed by atoms with Gasteiger partial charge in [-0.2, -0.15) is 0 Å². The fourth-order valence-electron chi connectivity index (χ4n) is 1.13. The monoisotopic (exact) mass is 182 g/mol. The largest absolute Gasteiger partial charge is 0.507 e. The van der Waals surface area contributed by atoms with Crippen LogP contribution in [0.15, 0.2) is 12.1 Å². The standard InChI is InChI=1S/C10H11FO2/c1-6(2)8-3-7(5-12)10(13)4-9(8)11/h3-6,13H,1-2H3. The Kier molecular flexibility index (Phi) is 2.66. The fraction of sp³-hybridized carbons (Fsp3) is 0.300. The zero-order valence-corrected chi connectivity index (χ0v) is 7.54. The molecule has 0 saturated carbocycles. The summed E-state index contributed by atoms with van der Waals surface area (Å²) in [6.07, 6.45) is 0.515. The van der Waals surface area contributed by atoms with Crippen molar-refractivity contribution in [1.82, 2.24) is 0 Å². The second kappa shape index (κ2) is 3.56. The molecule has 3 heteroatoms. The van der Waals surface area contributed by atoms with Crippen molar-refractivity contribution in [3.63, 3.8) is 0 Å². The summed E-state index contributed by atoms with van der Waals surface area (Å²) >= 11 is 0. The van der Waals surface area contributed by atoms with E-state index < -0.39 is 5.82 Å². The van der Waals surface area contributed by atoms with Gasteiger partial charge in [0.1, 0.15) is 11.6 Å². The van der Waals surface area contributed by atoms with Gasteiger partial charge in [-0.25, -0.2) is 4.39 Å². The number of aromatic hydroxyl groups is 1. The molecule has 0 bridgehead atoms. The lowest BCUT2D eigenvalue weighted by molar-refractivity contribution is 0.112. The molecule has 0 aliphatic heterocycles. The van der Waals surface area contributed by atoms with Gasteiger partial charge in [-0.05, 0) is 17.5 Å². The summed E-state index contributed by atoms with van der Waals surface area (Å²) in [4.78, 5) is 10.4. The fourth-order valence-corrected chi connectivity index (χ4v) is 1.13. The van der Waals surface area contributed by atoms with Crippen LogP contribution >= 0.6 is 0 Å². The van der Waals surface area contributed by atoms with Crippen LogP contribution in [0.3, 0.4) is 0 Å². The lowest BCUT2D eigenvalue weighted by atomic mass is 10.00. The summed E-state index contributed by atoms with van der Waals surface area (Å²) in [5.74, 6) is -0.783. The molecule has 0 aliphatic rings. The van der Waals surface area contributed by atoms with E-state index in [1.165, 1.54) is 6.07 Å². The number of aldehydes is 1. The van der Waals surface area contributed by atoms with E-state index in [4.69, 9.17) is 5.11 Å². The predicted molar refractivity (Wildman–Crippen MR) is 47.5 cm³/mol. The van der Waals surface area contributed by atoms with Gasteiger partial charge in [-0.15, -0.1) is 0 Å². The van der Waals surface area contributed by atoms with E-state index in [1.807, 2.05) is 13.8 Å². The molecule has 0 fully saturated rings. The van der Waals surface area contributed by atoms with E-state index in [9.17, 15) is 9.18 Å². The van der Waals surface area contributed by atoms with Crippen LogP contribution < -0.4 is 0 Å². The Bertz CT molecular complexity index is 332. The molecule has 0 unspecified atom stereocenters. The van der Waals surface area contributed by atoms with Crippen molar-refractivity contribution in [2.24, 2.45) is 0 Å². The molecule has 0 spiro atoms. The molecule has 0 radical (unpaired) electrons. The molecule has 0 aliphatic carbocycles. The van der Waals surface area contributed by atoms with Gasteiger partial charge < -0.3 is 5.11 Å². The molecule has 1 N–H and O–H groups in total. The van der Waals surface area contributed by atoms with Gasteiger partial charge in [0.15, 0.2) is 6.29 Å². The average Bonchev–Trinajstić information content (AvgIpc) is 2.03. The van der Waals surface area contributed by atoms with Crippen LogP contribution in [0.25, 0.3) is 0 Å². The summed E-state index contributed by atoms with van der Waals surface area (Å²) in [6, 6.07) is 2.35. The minimum Gasteiger partial charge on any atom is -0.507 e. The lowest BCUT2D eigenvalue weighted by Gasteiger charge is -2.08. The van der Waals surface area contributed by atoms with Crippen molar-refractivity contribution >= 4 is 6.29 Å². The SMILES string of the molecule is CC(C)c1cc(C=O)c(O)cc1F. The van der Waals surface area contributed by atoms with Crippen LogP contribution in [-0.4, -0.2) is 11.4 Å². The summed E-state index contributed by atoms with van der Waals surface area (Å²) in [5, 5.41) is 9.13. The first-order valence-corrected chi connectivity index (χ1v) is 4.04. The summed E-state index contributed by atoms with van der Waals surface area (Å²) in [5.41, 5.74) is 0.574. The summed E-state index contributed by atoms with van der Waals surface area (Å²) in [6.45, 7) is 3.65. The number of carbonyl (C=O) groups is 1. The molecule has 13 heavy (non-hydrogen) atoms. The van der Waals surface area contributed by atoms with E-state index in [0.717, 1.165) is 6.07 Å². The molecule has 1 rings (SSSR count). The predicted octanol–water partition coefficient (Wildman–Crippen LogP) is 2.47. The quantitative estimate of drug-likeness (QED) is 0.713. The maximum absolute atomic E-state index is 13.1. The van der Waals surface area contributed by atoms with Crippen LogP contribution in [0.1, 0.15) is 35.7 Å². The smallest absolute Gasteiger partial charge is 0.153 e. The van der Waals surface area contributed by atoms with E-state index in [-0.39, 0.29) is 17.2 Å². The third kappa shape index (κ3) is 1.86. The first-order chi connectivity index (χ1) is 6.06. The van der Waals surface area contributed by atoms with Crippen molar-refractivity contribution in [3.05, 3.63) is 29.1 Å². The molecular weight excluding hydrogens is 171 g/mol. The van der Waals surface area contributed by atoms with Gasteiger partial charge in [-0.1, -0.05) is 13.8 Å². The van der Waals surface area contributed by atoms with Crippen molar-refractivity contribution in [3.8, 4) is 5.75 Å². The number of phenols is 1. The highest BCUT2D eigenvalue weighted by molar-refractivity contribution is 5.79. The number of phenolic OH excluding ortho intramolecular Hbond substituents is 1. The van der Waals surface area contributed by atoms with E-state index in [1.54, 1.807) is 0 Å². The van der Waals surface area contributed by atoms with Crippen LogP contribution in [0.5, 0.6) is 5.75 Å². The normalized spacial score (nSPS) is 10.5. The zero-order valence-electron chi connectivity index (χ0n) is 7.54. The highest BCUT2D eigenvalue weighted by Crippen LogP contribution is 2.25. The lowest BCUT2D eigenvalue weighted by Crippen LogP contribution is -1.95. The molecule has 0 heterocycles. The first-order valence-electron chi connectivity index (χ1n) is 4.04. The third-order valence-corrected chi connectivity index (χ3v) is 1.89. The second-order valence-electron chi connectivity index (χ2n) is 3.21. The second-order valence-corrected chi connectivity index (χ2v) is 3.21. The maximum Gasteiger partial charge on any atom is 0.153 e. The zero-order chi connectivity index (χ0) is 10.0. The number of rotatable bonds is 2. The Morgan fingerprint density at radius 2 is 2.08 bits per heavy atom. The van der Waals surface area contributed by atoms with E-state index in [0.29, 0.717) is 11.8 Å². The van der Waals surface area contributed by atoms with Crippen molar-refractivity contribution < 1.29 is 14.3 Å². The molecule has 1 aromatic rings. The number of carbonyl (C=O) groups excluding carboxylic acids is 1. The maximum atomic E-state index is 13.1. The van der Waals surface area contributed by atoms with Gasteiger partial charge in [0, 0.05) is 6.07 Å². The van der Waals surface area contributed by atoms with Gasteiger partial charge in [-0.3, -0.25) is 4.79 Å². The Morgan fingerprint density at radius 3 is 2.54 bits per heavy atom. The van der Waals surface area contributed by atoms with Gasteiger partial charge in [0.05, 0.1) is 5.56 Å². The van der Waals surface area contributed by atoms with Gasteiger partial charge in [0.2, 0.25) is 0 Å². The van der Waals surface area contributed by atoms with Crippen LogP contribution in [0.4, 0.5) is 4.39 Å². The number of halogens is 1. The highest BCUT2D eigenvalue weighted by Gasteiger charge is 2.10. The number of hydrogen-bond donors (Lipinski definition) is 1. The molecule has 0 amide bonds. The Balaban J connectivity index is 3.30. The van der Waals surface area contributed by atoms with Crippen molar-refractivity contribution in [2.75, 3.05) is 0 Å². The topological polar surface area (TPSA) is 37.3 Å². The van der Waals surface area contributed by atoms with Crippen LogP contribution in [-0.2, 0) is 0 Å². The van der Waals surface area contributed by atoms with E-state index >= 15 is 0 Å². The highest BCUT2D eigenvalue weighted by atomic mass is 19.1. The third-order valence-electron chi connectivity index (χ3n) is 1.89. The van der Waals surface area contributed by atoms with E-state index in [2.05, 4.69) is 0 Å². The number of hydrogen-bond acceptors (Lipinski definition) is 2. The minimum absolute atomic E-state index is 0.000648. The molecule has 2 nitrogen and oxygen atoms in total. The first kappa shape index (κ1) is 9.71. The van der Waals surface area contributed by atoms with Gasteiger partial charge in [0.25, 0.3) is 0 Å².